The molecule has 2 aliphatic heterocycles. The normalized spacial score (nSPS) is 24.2. The molecular weight excluding hydrogens is 446 g/mol. The highest BCUT2D eigenvalue weighted by molar-refractivity contribution is 7.09. The van der Waals surface area contributed by atoms with E-state index < -0.39 is 6.04 Å². The fourth-order valence-corrected chi connectivity index (χ4v) is 5.87. The van der Waals surface area contributed by atoms with Crippen LogP contribution in [0.5, 0.6) is 0 Å². The lowest BCUT2D eigenvalue weighted by atomic mass is 9.99. The Bertz CT molecular complexity index is 936. The van der Waals surface area contributed by atoms with Crippen LogP contribution in [0.25, 0.3) is 0 Å². The van der Waals surface area contributed by atoms with Crippen LogP contribution in [0.15, 0.2) is 42.0 Å². The highest BCUT2D eigenvalue weighted by atomic mass is 32.1. The quantitative estimate of drug-likeness (QED) is 0.572. The third kappa shape index (κ3) is 6.03. The average molecular weight is 484 g/mol. The lowest BCUT2D eigenvalue weighted by Gasteiger charge is -2.33. The second-order valence-electron chi connectivity index (χ2n) is 10.0. The number of fused-ring (bicyclic) bond motifs is 1. The Hall–Kier alpha value is -2.29. The highest BCUT2D eigenvalue weighted by Gasteiger charge is 2.45. The molecule has 2 fully saturated rings. The Labute approximate surface area is 206 Å². The van der Waals surface area contributed by atoms with Crippen molar-refractivity contribution in [2.75, 3.05) is 13.1 Å². The number of nitrogens with two attached hydrogens (primary N) is 1. The minimum Gasteiger partial charge on any atom is -0.349 e. The predicted octanol–water partition coefficient (Wildman–Crippen LogP) is 2.81. The zero-order valence-corrected chi connectivity index (χ0v) is 21.0. The summed E-state index contributed by atoms with van der Waals surface area (Å²) in [7, 11) is 0. The first-order chi connectivity index (χ1) is 16.4. The van der Waals surface area contributed by atoms with Crippen molar-refractivity contribution in [2.45, 2.75) is 76.7 Å². The fourth-order valence-electron chi connectivity index (χ4n) is 5.34. The fraction of sp³-hybridized carbons (Fsp3) is 0.577. The summed E-state index contributed by atoms with van der Waals surface area (Å²) in [6.07, 6.45) is 5.90. The summed E-state index contributed by atoms with van der Waals surface area (Å²) in [5.74, 6) is 0.284. The van der Waals surface area contributed by atoms with E-state index in [2.05, 4.69) is 53.3 Å². The van der Waals surface area contributed by atoms with Gasteiger partial charge in [0.05, 0.1) is 18.1 Å². The van der Waals surface area contributed by atoms with Gasteiger partial charge in [0.2, 0.25) is 11.8 Å². The molecule has 0 spiro atoms. The molecule has 1 unspecified atom stereocenters. The zero-order valence-electron chi connectivity index (χ0n) is 20.2. The van der Waals surface area contributed by atoms with E-state index >= 15 is 0 Å². The van der Waals surface area contributed by atoms with Crippen LogP contribution in [0, 0.1) is 5.92 Å². The van der Waals surface area contributed by atoms with E-state index in [9.17, 15) is 9.59 Å². The minimum atomic E-state index is -0.466. The first kappa shape index (κ1) is 24.8. The summed E-state index contributed by atoms with van der Waals surface area (Å²) < 4.78 is 0. The molecule has 3 heterocycles. The van der Waals surface area contributed by atoms with Crippen molar-refractivity contribution in [3.8, 4) is 0 Å². The number of benzene rings is 1. The lowest BCUT2D eigenvalue weighted by molar-refractivity contribution is -0.143. The van der Waals surface area contributed by atoms with Crippen LogP contribution in [0.2, 0.25) is 0 Å². The number of aromatic nitrogens is 1. The van der Waals surface area contributed by atoms with E-state index in [1.807, 2.05) is 11.0 Å². The summed E-state index contributed by atoms with van der Waals surface area (Å²) >= 11 is 1.52. The van der Waals surface area contributed by atoms with Crippen molar-refractivity contribution in [2.24, 2.45) is 11.7 Å². The summed E-state index contributed by atoms with van der Waals surface area (Å²) in [6, 6.07) is 10.1. The predicted molar refractivity (Wildman–Crippen MR) is 135 cm³/mol. The number of nitrogens with one attached hydrogen (secondary N) is 1. The standard InChI is InChI=1S/C26H37N5O2S/c1-18(2)12-23(25(32)29-15-22-14-28-17-34-22)30-11-10-21(9-8-19-6-4-3-5-7-19)31-16-20(27)13-24(31)26(30)33/h3-7,14,17-18,20-21,23-24H,8-13,15-16,27H2,1-2H3,(H,29,32)/t20-,21?,23-,24+/m1/s1. The van der Waals surface area contributed by atoms with Crippen LogP contribution >= 0.6 is 11.3 Å². The monoisotopic (exact) mass is 483 g/mol. The molecule has 0 radical (unpaired) electrons. The van der Waals surface area contributed by atoms with Gasteiger partial charge in [-0.2, -0.15) is 0 Å². The van der Waals surface area contributed by atoms with Gasteiger partial charge in [0.15, 0.2) is 0 Å². The molecule has 1 aromatic heterocycles. The van der Waals surface area contributed by atoms with Crippen LogP contribution in [-0.4, -0.2) is 63.9 Å². The smallest absolute Gasteiger partial charge is 0.243 e. The van der Waals surface area contributed by atoms with Crippen molar-refractivity contribution in [1.82, 2.24) is 20.1 Å². The number of rotatable bonds is 9. The number of hydrogen-bond donors (Lipinski definition) is 2. The van der Waals surface area contributed by atoms with Gasteiger partial charge in [-0.05, 0) is 43.6 Å². The molecule has 1 aromatic carbocycles. The second kappa shape index (κ2) is 11.4. The molecular formula is C26H37N5O2S. The van der Waals surface area contributed by atoms with Crippen molar-refractivity contribution < 1.29 is 9.59 Å². The first-order valence-electron chi connectivity index (χ1n) is 12.4. The van der Waals surface area contributed by atoms with Gasteiger partial charge < -0.3 is 16.0 Å². The molecule has 4 atom stereocenters. The number of carbonyl (C=O) groups is 2. The topological polar surface area (TPSA) is 91.6 Å². The molecule has 0 aliphatic carbocycles. The van der Waals surface area contributed by atoms with Crippen LogP contribution in [0.3, 0.4) is 0 Å². The van der Waals surface area contributed by atoms with Crippen molar-refractivity contribution in [3.63, 3.8) is 0 Å². The molecule has 4 rings (SSSR count). The van der Waals surface area contributed by atoms with E-state index in [0.717, 1.165) is 30.7 Å². The van der Waals surface area contributed by atoms with Gasteiger partial charge in [-0.25, -0.2) is 0 Å². The Morgan fingerprint density at radius 3 is 2.79 bits per heavy atom. The summed E-state index contributed by atoms with van der Waals surface area (Å²) in [4.78, 5) is 36.4. The number of aryl methyl sites for hydroxylation is 1. The molecule has 0 bridgehead atoms. The number of carbonyl (C=O) groups excluding carboxylic acids is 2. The molecule has 34 heavy (non-hydrogen) atoms. The molecule has 2 aromatic rings. The van der Waals surface area contributed by atoms with Gasteiger partial charge >= 0.3 is 0 Å². The van der Waals surface area contributed by atoms with E-state index in [4.69, 9.17) is 5.73 Å². The largest absolute Gasteiger partial charge is 0.349 e. The maximum absolute atomic E-state index is 13.8. The molecule has 3 N–H and O–H groups in total. The lowest BCUT2D eigenvalue weighted by Crippen LogP contribution is -2.53. The average Bonchev–Trinajstić information content (AvgIpc) is 3.46. The van der Waals surface area contributed by atoms with E-state index in [1.165, 1.54) is 16.9 Å². The maximum atomic E-state index is 13.8. The third-order valence-electron chi connectivity index (χ3n) is 7.01. The summed E-state index contributed by atoms with van der Waals surface area (Å²) in [5, 5.41) is 3.05. The Kier molecular flexibility index (Phi) is 8.34. The Balaban J connectivity index is 1.50. The minimum absolute atomic E-state index is 0.00294. The van der Waals surface area contributed by atoms with E-state index in [0.29, 0.717) is 31.8 Å². The van der Waals surface area contributed by atoms with Crippen LogP contribution in [0.1, 0.15) is 50.0 Å². The van der Waals surface area contributed by atoms with Gasteiger partial charge in [0.25, 0.3) is 0 Å². The van der Waals surface area contributed by atoms with Crippen molar-refractivity contribution >= 4 is 23.2 Å². The highest BCUT2D eigenvalue weighted by Crippen LogP contribution is 2.30. The summed E-state index contributed by atoms with van der Waals surface area (Å²) in [5.41, 5.74) is 9.42. The molecule has 2 saturated heterocycles. The maximum Gasteiger partial charge on any atom is 0.243 e. The van der Waals surface area contributed by atoms with Gasteiger partial charge in [-0.3, -0.25) is 19.5 Å². The first-order valence-corrected chi connectivity index (χ1v) is 13.3. The van der Waals surface area contributed by atoms with Gasteiger partial charge in [0, 0.05) is 36.2 Å². The van der Waals surface area contributed by atoms with Gasteiger partial charge in [0.1, 0.15) is 6.04 Å². The van der Waals surface area contributed by atoms with E-state index in [-0.39, 0.29) is 29.9 Å². The van der Waals surface area contributed by atoms with Gasteiger partial charge in [-0.1, -0.05) is 44.2 Å². The van der Waals surface area contributed by atoms with Crippen molar-refractivity contribution in [3.05, 3.63) is 52.5 Å². The third-order valence-corrected chi connectivity index (χ3v) is 7.79. The van der Waals surface area contributed by atoms with Gasteiger partial charge in [-0.15, -0.1) is 11.3 Å². The van der Waals surface area contributed by atoms with E-state index in [1.54, 1.807) is 11.7 Å². The van der Waals surface area contributed by atoms with Crippen molar-refractivity contribution in [1.29, 1.82) is 0 Å². The van der Waals surface area contributed by atoms with Crippen LogP contribution in [-0.2, 0) is 22.6 Å². The molecule has 2 aliphatic rings. The Morgan fingerprint density at radius 1 is 1.29 bits per heavy atom. The Morgan fingerprint density at radius 2 is 2.09 bits per heavy atom. The second-order valence-corrected chi connectivity index (χ2v) is 11.0. The van der Waals surface area contributed by atoms with Crippen LogP contribution < -0.4 is 11.1 Å². The summed E-state index contributed by atoms with van der Waals surface area (Å²) in [6.45, 7) is 6.00. The molecule has 0 saturated carbocycles. The molecule has 184 valence electrons. The number of nitrogens with zero attached hydrogens (tertiary/aromatic N) is 3. The zero-order chi connectivity index (χ0) is 24.1. The molecule has 8 heteroatoms. The molecule has 2 amide bonds. The number of thiazole rings is 1. The number of hydrogen-bond acceptors (Lipinski definition) is 6. The molecule has 7 nitrogen and oxygen atoms in total. The number of amides is 2. The SMILES string of the molecule is CC(C)C[C@H](C(=O)NCc1cncs1)N1CCC(CCc2ccccc2)N2C[C@H](N)C[C@H]2C1=O. The van der Waals surface area contributed by atoms with Crippen LogP contribution in [0.4, 0.5) is 0 Å².